The molecular formula is C51H37N3O2. The van der Waals surface area contributed by atoms with Crippen LogP contribution < -0.4 is 11.5 Å². The summed E-state index contributed by atoms with van der Waals surface area (Å²) in [5, 5.41) is 0. The minimum Gasteiger partial charge on any atom is -0.399 e. The van der Waals surface area contributed by atoms with Gasteiger partial charge in [0.15, 0.2) is 0 Å². The molecule has 0 heterocycles. The van der Waals surface area contributed by atoms with Gasteiger partial charge in [0.1, 0.15) is 12.6 Å². The van der Waals surface area contributed by atoms with Crippen LogP contribution in [0.1, 0.15) is 26.3 Å². The Balaban J connectivity index is 1.05. The van der Waals surface area contributed by atoms with Gasteiger partial charge in [-0.1, -0.05) is 109 Å². The molecule has 0 spiro atoms. The lowest BCUT2D eigenvalue weighted by molar-refractivity contribution is 0.111. The summed E-state index contributed by atoms with van der Waals surface area (Å²) in [5.74, 6) is 0. The van der Waals surface area contributed by atoms with Crippen LogP contribution in [-0.2, 0) is 0 Å². The van der Waals surface area contributed by atoms with Crippen molar-refractivity contribution in [3.63, 3.8) is 0 Å². The maximum atomic E-state index is 11.3. The van der Waals surface area contributed by atoms with Gasteiger partial charge in [0.05, 0.1) is 5.69 Å². The first kappa shape index (κ1) is 35.4. The Bertz CT molecular complexity index is 2550. The van der Waals surface area contributed by atoms with Crippen LogP contribution >= 0.6 is 0 Å². The molecule has 0 aliphatic carbocycles. The second kappa shape index (κ2) is 15.8. The number of nitrogens with two attached hydrogens (primary N) is 2. The molecule has 0 aliphatic rings. The van der Waals surface area contributed by atoms with Gasteiger partial charge >= 0.3 is 0 Å². The Hall–Kier alpha value is -7.63. The van der Waals surface area contributed by atoms with Crippen molar-refractivity contribution in [1.29, 1.82) is 0 Å². The molecule has 4 N–H and O–H groups in total. The van der Waals surface area contributed by atoms with Gasteiger partial charge < -0.3 is 11.5 Å². The molecule has 0 atom stereocenters. The predicted octanol–water partition coefficient (Wildman–Crippen LogP) is 12.2. The largest absolute Gasteiger partial charge is 0.399 e. The zero-order valence-electron chi connectivity index (χ0n) is 30.5. The average Bonchev–Trinajstić information content (AvgIpc) is 3.26. The summed E-state index contributed by atoms with van der Waals surface area (Å²) in [6, 6.07) is 60.8. The molecule has 0 bridgehead atoms. The summed E-state index contributed by atoms with van der Waals surface area (Å²) in [7, 11) is 0. The summed E-state index contributed by atoms with van der Waals surface area (Å²) in [5.41, 5.74) is 29.3. The van der Waals surface area contributed by atoms with E-state index in [0.29, 0.717) is 11.1 Å². The van der Waals surface area contributed by atoms with E-state index in [1.54, 1.807) is 0 Å². The lowest BCUT2D eigenvalue weighted by atomic mass is 9.92. The number of carbonyl (C=O) groups excluding carboxylic acids is 2. The topological polar surface area (TPSA) is 98.5 Å². The molecule has 8 aromatic rings. The van der Waals surface area contributed by atoms with Gasteiger partial charge in [0.2, 0.25) is 0 Å². The molecular weight excluding hydrogens is 687 g/mol. The quantitative estimate of drug-likeness (QED) is 0.0833. The summed E-state index contributed by atoms with van der Waals surface area (Å²) < 4.78 is 0. The predicted molar refractivity (Wildman–Crippen MR) is 232 cm³/mol. The molecule has 0 saturated carbocycles. The summed E-state index contributed by atoms with van der Waals surface area (Å²) in [6.45, 7) is 0. The molecule has 8 rings (SSSR count). The molecule has 0 radical (unpaired) electrons. The zero-order valence-corrected chi connectivity index (χ0v) is 30.5. The minimum absolute atomic E-state index is 0.631. The molecule has 0 unspecified atom stereocenters. The molecule has 0 fully saturated rings. The van der Waals surface area contributed by atoms with Crippen molar-refractivity contribution < 1.29 is 9.59 Å². The first-order chi connectivity index (χ1) is 27.4. The summed E-state index contributed by atoms with van der Waals surface area (Å²) >= 11 is 0. The van der Waals surface area contributed by atoms with Crippen LogP contribution in [0, 0.1) is 0 Å². The Morgan fingerprint density at radius 1 is 0.304 bits per heavy atom. The van der Waals surface area contributed by atoms with E-state index >= 15 is 0 Å². The number of nitrogen functional groups attached to an aromatic ring is 2. The van der Waals surface area contributed by atoms with Crippen LogP contribution in [0.25, 0.3) is 66.8 Å². The van der Waals surface area contributed by atoms with Gasteiger partial charge in [-0.25, -0.2) is 0 Å². The maximum Gasteiger partial charge on any atom is 0.150 e. The average molecular weight is 724 g/mol. The number of anilines is 2. The number of hydrogen-bond acceptors (Lipinski definition) is 5. The van der Waals surface area contributed by atoms with Crippen molar-refractivity contribution in [3.05, 3.63) is 199 Å². The third-order valence-corrected chi connectivity index (χ3v) is 9.92. The fraction of sp³-hybridized carbons (Fsp3) is 0. The molecule has 8 aromatic carbocycles. The van der Waals surface area contributed by atoms with Crippen LogP contribution in [-0.4, -0.2) is 18.8 Å². The number of hydrogen-bond donors (Lipinski definition) is 2. The van der Waals surface area contributed by atoms with Crippen LogP contribution in [0.3, 0.4) is 0 Å². The van der Waals surface area contributed by atoms with Crippen LogP contribution in [0.15, 0.2) is 187 Å². The van der Waals surface area contributed by atoms with Gasteiger partial charge in [-0.15, -0.1) is 0 Å². The number of benzene rings is 8. The maximum absolute atomic E-state index is 11.3. The second-order valence-corrected chi connectivity index (χ2v) is 13.7. The Morgan fingerprint density at radius 2 is 0.554 bits per heavy atom. The van der Waals surface area contributed by atoms with E-state index in [1.165, 1.54) is 0 Å². The highest BCUT2D eigenvalue weighted by Gasteiger charge is 2.10. The smallest absolute Gasteiger partial charge is 0.150 e. The van der Waals surface area contributed by atoms with Crippen molar-refractivity contribution in [1.82, 2.24) is 0 Å². The third-order valence-electron chi connectivity index (χ3n) is 9.92. The van der Waals surface area contributed by atoms with E-state index in [4.69, 9.17) is 16.5 Å². The molecule has 0 amide bonds. The van der Waals surface area contributed by atoms with Crippen LogP contribution in [0.2, 0.25) is 0 Å². The van der Waals surface area contributed by atoms with E-state index in [2.05, 4.69) is 72.8 Å². The minimum atomic E-state index is 0.631. The van der Waals surface area contributed by atoms with Gasteiger partial charge in [-0.3, -0.25) is 14.6 Å². The van der Waals surface area contributed by atoms with Gasteiger partial charge in [-0.05, 0) is 145 Å². The number of aliphatic imine (C=N–C) groups is 1. The monoisotopic (exact) mass is 723 g/mol. The lowest BCUT2D eigenvalue weighted by Crippen LogP contribution is -1.89. The third kappa shape index (κ3) is 7.98. The molecule has 0 aliphatic heterocycles. The molecule has 268 valence electrons. The number of aldehydes is 2. The van der Waals surface area contributed by atoms with Crippen molar-refractivity contribution in [2.75, 3.05) is 11.5 Å². The van der Waals surface area contributed by atoms with Gasteiger partial charge in [0.25, 0.3) is 0 Å². The van der Waals surface area contributed by atoms with Gasteiger partial charge in [0, 0.05) is 28.7 Å². The Labute approximate surface area is 326 Å². The van der Waals surface area contributed by atoms with E-state index < -0.39 is 0 Å². The fourth-order valence-corrected chi connectivity index (χ4v) is 6.77. The lowest BCUT2D eigenvalue weighted by Gasteiger charge is -2.12. The normalized spacial score (nSPS) is 11.1. The highest BCUT2D eigenvalue weighted by atomic mass is 16.1. The summed E-state index contributed by atoms with van der Waals surface area (Å²) in [6.07, 6.45) is 3.58. The van der Waals surface area contributed by atoms with Crippen molar-refractivity contribution in [2.45, 2.75) is 0 Å². The Kier molecular flexibility index (Phi) is 9.97. The molecule has 0 aromatic heterocycles. The number of rotatable bonds is 10. The number of carbonyl (C=O) groups is 2. The fourth-order valence-electron chi connectivity index (χ4n) is 6.77. The van der Waals surface area contributed by atoms with Crippen LogP contribution in [0.4, 0.5) is 17.1 Å². The van der Waals surface area contributed by atoms with E-state index in [1.807, 2.05) is 115 Å². The highest BCUT2D eigenvalue weighted by Crippen LogP contribution is 2.35. The molecule has 5 nitrogen and oxygen atoms in total. The van der Waals surface area contributed by atoms with E-state index in [0.717, 1.165) is 102 Å². The molecule has 56 heavy (non-hydrogen) atoms. The Morgan fingerprint density at radius 3 is 0.839 bits per heavy atom. The van der Waals surface area contributed by atoms with Crippen LogP contribution in [0.5, 0.6) is 0 Å². The molecule has 0 saturated heterocycles. The van der Waals surface area contributed by atoms with E-state index in [9.17, 15) is 9.59 Å². The van der Waals surface area contributed by atoms with E-state index in [-0.39, 0.29) is 0 Å². The van der Waals surface area contributed by atoms with Crippen molar-refractivity contribution >= 4 is 35.8 Å². The first-order valence-corrected chi connectivity index (χ1v) is 18.3. The highest BCUT2D eigenvalue weighted by molar-refractivity contribution is 5.87. The van der Waals surface area contributed by atoms with Crippen molar-refractivity contribution in [2.24, 2.45) is 4.99 Å². The molecule has 5 heteroatoms. The number of nitrogens with zero attached hydrogens (tertiary/aromatic N) is 1. The zero-order chi connectivity index (χ0) is 38.4. The first-order valence-electron chi connectivity index (χ1n) is 18.3. The van der Waals surface area contributed by atoms with Crippen molar-refractivity contribution in [3.8, 4) is 66.8 Å². The standard InChI is InChI=1S/C51H37N3O2/c52-49-19-13-40(14-20-49)46-28-47(41-15-21-50(53)22-16-41)30-48(29-46)42-17-23-51(24-18-42)54-31-34-1-7-37(8-2-34)43-25-44(38-9-3-35(32-55)4-10-38)27-45(26-43)39-11-5-36(33-56)6-12-39/h1-33H,52-53H2. The van der Waals surface area contributed by atoms with Gasteiger partial charge in [-0.2, -0.15) is 0 Å². The SMILES string of the molecule is Nc1ccc(-c2cc(-c3ccc(N)cc3)cc(-c3ccc(N=Cc4ccc(-c5cc(-c6ccc(C=O)cc6)cc(-c6ccc(C=O)cc6)c5)cc4)cc3)c2)cc1. The summed E-state index contributed by atoms with van der Waals surface area (Å²) in [4.78, 5) is 27.4. The second-order valence-electron chi connectivity index (χ2n) is 13.7.